The van der Waals surface area contributed by atoms with Crippen LogP contribution in [0, 0.1) is 0 Å². The number of aliphatic imine (C=N–C) groups is 1. The van der Waals surface area contributed by atoms with Crippen molar-refractivity contribution in [2.45, 2.75) is 38.3 Å². The second kappa shape index (κ2) is 12.7. The topological polar surface area (TPSA) is 58.1 Å². The smallest absolute Gasteiger partial charge is 0.191 e. The quantitative estimate of drug-likeness (QED) is 0.238. The van der Waals surface area contributed by atoms with Gasteiger partial charge < -0.3 is 25.0 Å². The molecule has 2 N–H and O–H groups in total. The van der Waals surface area contributed by atoms with Crippen LogP contribution in [0.15, 0.2) is 29.3 Å². The fourth-order valence-electron chi connectivity index (χ4n) is 3.51. The van der Waals surface area contributed by atoms with Gasteiger partial charge in [-0.2, -0.15) is 0 Å². The molecule has 158 valence electrons. The molecular formula is C20H32ClIN4O2. The van der Waals surface area contributed by atoms with Gasteiger partial charge in [-0.15, -0.1) is 24.0 Å². The van der Waals surface area contributed by atoms with Gasteiger partial charge in [0.2, 0.25) is 0 Å². The maximum absolute atomic E-state index is 6.12. The summed E-state index contributed by atoms with van der Waals surface area (Å²) in [5.41, 5.74) is 1.18. The molecule has 2 atom stereocenters. The molecule has 0 aromatic heterocycles. The zero-order chi connectivity index (χ0) is 18.9. The molecular weight excluding hydrogens is 491 g/mol. The van der Waals surface area contributed by atoms with Gasteiger partial charge in [0.15, 0.2) is 5.96 Å². The van der Waals surface area contributed by atoms with E-state index < -0.39 is 0 Å². The number of hydrogen-bond acceptors (Lipinski definition) is 4. The van der Waals surface area contributed by atoms with Crippen LogP contribution in [0.5, 0.6) is 0 Å². The lowest BCUT2D eigenvalue weighted by Gasteiger charge is -2.20. The van der Waals surface area contributed by atoms with Crippen molar-refractivity contribution in [1.29, 1.82) is 0 Å². The van der Waals surface area contributed by atoms with E-state index in [2.05, 4.69) is 33.5 Å². The van der Waals surface area contributed by atoms with Gasteiger partial charge >= 0.3 is 0 Å². The van der Waals surface area contributed by atoms with Crippen LogP contribution in [0.2, 0.25) is 5.02 Å². The summed E-state index contributed by atoms with van der Waals surface area (Å²) in [7, 11) is 0. The number of benzene rings is 1. The molecule has 0 amide bonds. The molecule has 1 aromatic carbocycles. The summed E-state index contributed by atoms with van der Waals surface area (Å²) in [6, 6.07) is 8.41. The van der Waals surface area contributed by atoms with Gasteiger partial charge in [0.25, 0.3) is 0 Å². The van der Waals surface area contributed by atoms with Crippen molar-refractivity contribution in [2.75, 3.05) is 50.9 Å². The number of anilines is 1. The molecule has 2 fully saturated rings. The normalized spacial score (nSPS) is 22.2. The monoisotopic (exact) mass is 522 g/mol. The maximum atomic E-state index is 6.12. The minimum Gasteiger partial charge on any atom is -0.377 e. The minimum atomic E-state index is 0. The fourth-order valence-corrected chi connectivity index (χ4v) is 3.70. The van der Waals surface area contributed by atoms with E-state index in [4.69, 9.17) is 21.1 Å². The molecule has 0 spiro atoms. The number of nitrogens with zero attached hydrogens (tertiary/aromatic N) is 2. The number of nitrogens with one attached hydrogen (secondary N) is 2. The Morgan fingerprint density at radius 3 is 3.04 bits per heavy atom. The van der Waals surface area contributed by atoms with Crippen molar-refractivity contribution in [1.82, 2.24) is 10.6 Å². The van der Waals surface area contributed by atoms with E-state index >= 15 is 0 Å². The third-order valence-corrected chi connectivity index (χ3v) is 5.12. The van der Waals surface area contributed by atoms with E-state index in [1.54, 1.807) is 0 Å². The lowest BCUT2D eigenvalue weighted by atomic mass is 10.2. The third-order valence-electron chi connectivity index (χ3n) is 4.88. The molecule has 0 bridgehead atoms. The molecule has 2 saturated heterocycles. The van der Waals surface area contributed by atoms with Crippen LogP contribution < -0.4 is 15.5 Å². The predicted octanol–water partition coefficient (Wildman–Crippen LogP) is 3.29. The Balaban J connectivity index is 0.00000280. The molecule has 0 saturated carbocycles. The Kier molecular flexibility index (Phi) is 10.7. The average molecular weight is 523 g/mol. The summed E-state index contributed by atoms with van der Waals surface area (Å²) in [5.74, 6) is 0.858. The molecule has 2 aliphatic rings. The number of hydrogen-bond donors (Lipinski definition) is 2. The molecule has 2 heterocycles. The first kappa shape index (κ1) is 23.5. The van der Waals surface area contributed by atoms with Crippen LogP contribution in [0.25, 0.3) is 0 Å². The van der Waals surface area contributed by atoms with Crippen LogP contribution in [0.1, 0.15) is 26.2 Å². The average Bonchev–Trinajstić information content (AvgIpc) is 3.33. The number of rotatable bonds is 8. The first-order valence-electron chi connectivity index (χ1n) is 9.99. The van der Waals surface area contributed by atoms with E-state index in [0.29, 0.717) is 25.8 Å². The molecule has 0 radical (unpaired) electrons. The highest BCUT2D eigenvalue weighted by atomic mass is 127. The van der Waals surface area contributed by atoms with E-state index in [0.717, 1.165) is 56.5 Å². The third kappa shape index (κ3) is 7.57. The van der Waals surface area contributed by atoms with Crippen LogP contribution in [-0.4, -0.2) is 64.1 Å². The van der Waals surface area contributed by atoms with Gasteiger partial charge in [0.05, 0.1) is 25.9 Å². The Bertz CT molecular complexity index is 614. The van der Waals surface area contributed by atoms with Crippen LogP contribution >= 0.6 is 35.6 Å². The van der Waals surface area contributed by atoms with Crippen LogP contribution in [-0.2, 0) is 9.47 Å². The van der Waals surface area contributed by atoms with Gasteiger partial charge in [-0.25, -0.2) is 0 Å². The van der Waals surface area contributed by atoms with Crippen LogP contribution in [0.3, 0.4) is 0 Å². The zero-order valence-electron chi connectivity index (χ0n) is 16.5. The maximum Gasteiger partial charge on any atom is 0.191 e. The molecule has 8 heteroatoms. The second-order valence-corrected chi connectivity index (χ2v) is 7.46. The highest BCUT2D eigenvalue weighted by Gasteiger charge is 2.23. The van der Waals surface area contributed by atoms with E-state index in [-0.39, 0.29) is 30.1 Å². The molecule has 3 rings (SSSR count). The summed E-state index contributed by atoms with van der Waals surface area (Å²) < 4.78 is 11.3. The molecule has 2 unspecified atom stereocenters. The first-order valence-corrected chi connectivity index (χ1v) is 10.4. The van der Waals surface area contributed by atoms with E-state index in [1.165, 1.54) is 5.69 Å². The number of ether oxygens (including phenoxy) is 2. The number of halogens is 2. The highest BCUT2D eigenvalue weighted by molar-refractivity contribution is 14.0. The van der Waals surface area contributed by atoms with Gasteiger partial charge in [0.1, 0.15) is 0 Å². The summed E-state index contributed by atoms with van der Waals surface area (Å²) >= 11 is 6.12. The lowest BCUT2D eigenvalue weighted by molar-refractivity contribution is 0.0200. The van der Waals surface area contributed by atoms with Gasteiger partial charge in [0, 0.05) is 43.0 Å². The van der Waals surface area contributed by atoms with E-state index in [1.807, 2.05) is 18.2 Å². The molecule has 2 aliphatic heterocycles. The Labute approximate surface area is 190 Å². The minimum absolute atomic E-state index is 0. The van der Waals surface area contributed by atoms with Crippen molar-refractivity contribution >= 4 is 47.2 Å². The summed E-state index contributed by atoms with van der Waals surface area (Å²) in [5, 5.41) is 7.65. The molecule has 1 aromatic rings. The zero-order valence-corrected chi connectivity index (χ0v) is 19.6. The van der Waals surface area contributed by atoms with Gasteiger partial charge in [-0.05, 0) is 44.4 Å². The van der Waals surface area contributed by atoms with E-state index in [9.17, 15) is 0 Å². The fraction of sp³-hybridized carbons (Fsp3) is 0.650. The van der Waals surface area contributed by atoms with Crippen molar-refractivity contribution in [3.05, 3.63) is 29.3 Å². The number of guanidine groups is 1. The summed E-state index contributed by atoms with van der Waals surface area (Å²) in [4.78, 5) is 7.00. The Morgan fingerprint density at radius 2 is 2.29 bits per heavy atom. The second-order valence-electron chi connectivity index (χ2n) is 7.03. The van der Waals surface area contributed by atoms with Crippen molar-refractivity contribution in [3.8, 4) is 0 Å². The van der Waals surface area contributed by atoms with Crippen molar-refractivity contribution < 1.29 is 9.47 Å². The predicted molar refractivity (Wildman–Crippen MR) is 126 cm³/mol. The van der Waals surface area contributed by atoms with Crippen molar-refractivity contribution in [3.63, 3.8) is 0 Å². The van der Waals surface area contributed by atoms with Gasteiger partial charge in [-0.3, -0.25) is 4.99 Å². The van der Waals surface area contributed by atoms with Crippen LogP contribution in [0.4, 0.5) is 5.69 Å². The standard InChI is InChI=1S/C20H31ClN4O2.HI/c1-2-22-20(23-9-12-26-15-19-7-4-11-27-19)24-17-8-10-25(14-17)18-6-3-5-16(21)13-18;/h3,5-6,13,17,19H,2,4,7-12,14-15H2,1H3,(H2,22,23,24);1H. The molecule has 0 aliphatic carbocycles. The lowest BCUT2D eigenvalue weighted by Crippen LogP contribution is -2.44. The Morgan fingerprint density at radius 1 is 1.39 bits per heavy atom. The largest absolute Gasteiger partial charge is 0.377 e. The first-order chi connectivity index (χ1) is 13.2. The summed E-state index contributed by atoms with van der Waals surface area (Å²) in [6.45, 7) is 7.70. The SMILES string of the molecule is CCNC(=NCCOCC1CCCO1)NC1CCN(c2cccc(Cl)c2)C1.I. The van der Waals surface area contributed by atoms with Gasteiger partial charge in [-0.1, -0.05) is 17.7 Å². The highest BCUT2D eigenvalue weighted by Crippen LogP contribution is 2.23. The molecule has 6 nitrogen and oxygen atoms in total. The summed E-state index contributed by atoms with van der Waals surface area (Å²) in [6.07, 6.45) is 3.61. The molecule has 28 heavy (non-hydrogen) atoms. The van der Waals surface area contributed by atoms with Crippen molar-refractivity contribution in [2.24, 2.45) is 4.99 Å². The Hall–Kier alpha value is -0.770.